The van der Waals surface area contributed by atoms with Gasteiger partial charge in [-0.1, -0.05) is 24.3 Å². The summed E-state index contributed by atoms with van der Waals surface area (Å²) in [6.45, 7) is 6.93. The molecule has 2 aromatic rings. The van der Waals surface area contributed by atoms with Crippen LogP contribution in [-0.2, 0) is 4.79 Å². The number of carbonyl (C=O) groups is 1. The first-order chi connectivity index (χ1) is 13.9. The van der Waals surface area contributed by atoms with Gasteiger partial charge in [0.1, 0.15) is 11.6 Å². The summed E-state index contributed by atoms with van der Waals surface area (Å²) in [7, 11) is 1.93. The fraction of sp³-hybridized carbons (Fsp3) is 0.391. The van der Waals surface area contributed by atoms with Crippen LogP contribution in [0.15, 0.2) is 53.6 Å². The van der Waals surface area contributed by atoms with Crippen LogP contribution in [0.25, 0.3) is 0 Å². The number of amides is 1. The Morgan fingerprint density at radius 3 is 2.45 bits per heavy atom. The minimum atomic E-state index is -0.290. The van der Waals surface area contributed by atoms with Crippen LogP contribution in [0.3, 0.4) is 0 Å². The number of rotatable bonds is 7. The van der Waals surface area contributed by atoms with Crippen LogP contribution >= 0.6 is 0 Å². The van der Waals surface area contributed by atoms with Crippen LogP contribution in [0.1, 0.15) is 44.4 Å². The highest BCUT2D eigenvalue weighted by Crippen LogP contribution is 2.33. The molecule has 2 aromatic carbocycles. The van der Waals surface area contributed by atoms with Crippen LogP contribution < -0.4 is 4.74 Å². The molecule has 0 fully saturated rings. The number of likely N-dealkylation sites (N-methyl/N-ethyl adjacent to an activating group) is 1. The first kappa shape index (κ1) is 21.0. The monoisotopic (exact) mass is 397 g/mol. The number of hydrazone groups is 1. The van der Waals surface area contributed by atoms with E-state index in [1.165, 1.54) is 12.1 Å². The molecule has 1 aliphatic rings. The van der Waals surface area contributed by atoms with Gasteiger partial charge < -0.3 is 4.74 Å². The number of nitrogens with zero attached hydrogens (tertiary/aromatic N) is 3. The van der Waals surface area contributed by atoms with Crippen molar-refractivity contribution in [3.63, 3.8) is 0 Å². The third kappa shape index (κ3) is 5.01. The van der Waals surface area contributed by atoms with Crippen molar-refractivity contribution in [2.75, 3.05) is 20.2 Å². The molecule has 0 saturated heterocycles. The molecule has 0 N–H and O–H groups in total. The zero-order chi connectivity index (χ0) is 21.0. The second-order valence-electron chi connectivity index (χ2n) is 7.52. The van der Waals surface area contributed by atoms with E-state index in [9.17, 15) is 9.18 Å². The Hall–Kier alpha value is -2.73. The van der Waals surface area contributed by atoms with Gasteiger partial charge in [0.15, 0.2) is 0 Å². The Labute approximate surface area is 171 Å². The lowest BCUT2D eigenvalue weighted by molar-refractivity contribution is -0.134. The summed E-state index contributed by atoms with van der Waals surface area (Å²) in [6, 6.07) is 14.1. The standard InChI is InChI=1S/C23H28FN3O2/c1-5-29-20-12-8-18(9-13-20)22-14-21(17-6-10-19(24)11-7-17)25-27(22)23(28)15-26(4)16(2)3/h6-13,16,22H,5,14-15H2,1-4H3/t22-/m1/s1. The maximum Gasteiger partial charge on any atom is 0.257 e. The molecule has 0 saturated carbocycles. The normalized spacial score (nSPS) is 16.4. The Morgan fingerprint density at radius 1 is 1.21 bits per heavy atom. The molecule has 0 spiro atoms. The molecule has 0 aliphatic carbocycles. The van der Waals surface area contributed by atoms with Crippen LogP contribution in [0, 0.1) is 5.82 Å². The van der Waals surface area contributed by atoms with E-state index in [1.807, 2.05) is 43.1 Å². The maximum absolute atomic E-state index is 13.3. The highest BCUT2D eigenvalue weighted by atomic mass is 19.1. The van der Waals surface area contributed by atoms with Gasteiger partial charge in [-0.15, -0.1) is 0 Å². The van der Waals surface area contributed by atoms with Gasteiger partial charge >= 0.3 is 0 Å². The number of carbonyl (C=O) groups excluding carboxylic acids is 1. The summed E-state index contributed by atoms with van der Waals surface area (Å²) in [4.78, 5) is 15.0. The predicted molar refractivity (Wildman–Crippen MR) is 113 cm³/mol. The average Bonchev–Trinajstić information content (AvgIpc) is 3.15. The lowest BCUT2D eigenvalue weighted by Gasteiger charge is -2.26. The van der Waals surface area contributed by atoms with Crippen LogP contribution in [0.4, 0.5) is 4.39 Å². The fourth-order valence-electron chi connectivity index (χ4n) is 3.24. The van der Waals surface area contributed by atoms with Gasteiger partial charge in [-0.2, -0.15) is 5.10 Å². The number of ether oxygens (including phenoxy) is 1. The molecule has 0 radical (unpaired) electrons. The summed E-state index contributed by atoms with van der Waals surface area (Å²) in [5, 5.41) is 6.21. The number of halogens is 1. The zero-order valence-electron chi connectivity index (χ0n) is 17.4. The highest BCUT2D eigenvalue weighted by Gasteiger charge is 2.33. The molecular weight excluding hydrogens is 369 g/mol. The number of hydrogen-bond acceptors (Lipinski definition) is 4. The summed E-state index contributed by atoms with van der Waals surface area (Å²) in [6.07, 6.45) is 0.580. The van der Waals surface area contributed by atoms with Gasteiger partial charge in [-0.3, -0.25) is 9.69 Å². The molecule has 0 aromatic heterocycles. The van der Waals surface area contributed by atoms with Crippen molar-refractivity contribution in [2.24, 2.45) is 5.10 Å². The summed E-state index contributed by atoms with van der Waals surface area (Å²) in [5.74, 6) is 0.449. The van der Waals surface area contributed by atoms with E-state index in [-0.39, 0.29) is 30.4 Å². The maximum atomic E-state index is 13.3. The summed E-state index contributed by atoms with van der Waals surface area (Å²) >= 11 is 0. The summed E-state index contributed by atoms with van der Waals surface area (Å²) in [5.41, 5.74) is 2.61. The molecule has 6 heteroatoms. The van der Waals surface area contributed by atoms with Crippen LogP contribution in [-0.4, -0.2) is 47.8 Å². The molecule has 3 rings (SSSR count). The van der Waals surface area contributed by atoms with Crippen molar-refractivity contribution in [3.8, 4) is 5.75 Å². The Morgan fingerprint density at radius 2 is 1.86 bits per heavy atom. The average molecular weight is 397 g/mol. The molecule has 1 atom stereocenters. The number of hydrogen-bond donors (Lipinski definition) is 0. The zero-order valence-corrected chi connectivity index (χ0v) is 17.4. The minimum Gasteiger partial charge on any atom is -0.494 e. The SMILES string of the molecule is CCOc1ccc([C@H]2CC(c3ccc(F)cc3)=NN2C(=O)CN(C)C(C)C)cc1. The molecule has 0 unspecified atom stereocenters. The van der Waals surface area contributed by atoms with Gasteiger partial charge in [0.2, 0.25) is 0 Å². The number of benzene rings is 2. The van der Waals surface area contributed by atoms with E-state index in [0.717, 1.165) is 22.6 Å². The van der Waals surface area contributed by atoms with Crippen molar-refractivity contribution >= 4 is 11.6 Å². The third-order valence-corrected chi connectivity index (χ3v) is 5.19. The highest BCUT2D eigenvalue weighted by molar-refractivity contribution is 6.03. The van der Waals surface area contributed by atoms with Gasteiger partial charge in [-0.25, -0.2) is 9.40 Å². The van der Waals surface area contributed by atoms with Crippen molar-refractivity contribution < 1.29 is 13.9 Å². The summed E-state index contributed by atoms with van der Waals surface area (Å²) < 4.78 is 18.8. The van der Waals surface area contributed by atoms with Crippen LogP contribution in [0.5, 0.6) is 5.75 Å². The first-order valence-corrected chi connectivity index (χ1v) is 9.97. The molecule has 1 amide bonds. The lowest BCUT2D eigenvalue weighted by Crippen LogP contribution is -2.39. The van der Waals surface area contributed by atoms with Crippen molar-refractivity contribution in [1.29, 1.82) is 0 Å². The predicted octanol–water partition coefficient (Wildman–Crippen LogP) is 4.24. The van der Waals surface area contributed by atoms with E-state index in [0.29, 0.717) is 13.0 Å². The van der Waals surface area contributed by atoms with E-state index in [2.05, 4.69) is 18.9 Å². The van der Waals surface area contributed by atoms with Crippen molar-refractivity contribution in [1.82, 2.24) is 9.91 Å². The molecule has 29 heavy (non-hydrogen) atoms. The van der Waals surface area contributed by atoms with E-state index >= 15 is 0 Å². The van der Waals surface area contributed by atoms with Gasteiger partial charge in [0, 0.05) is 12.5 Å². The Kier molecular flexibility index (Phi) is 6.64. The van der Waals surface area contributed by atoms with E-state index in [1.54, 1.807) is 17.1 Å². The van der Waals surface area contributed by atoms with Gasteiger partial charge in [0.25, 0.3) is 5.91 Å². The molecule has 0 bridgehead atoms. The second kappa shape index (κ2) is 9.18. The first-order valence-electron chi connectivity index (χ1n) is 9.97. The van der Waals surface area contributed by atoms with Crippen molar-refractivity contribution in [3.05, 3.63) is 65.5 Å². The Balaban J connectivity index is 1.88. The molecular formula is C23H28FN3O2. The smallest absolute Gasteiger partial charge is 0.257 e. The minimum absolute atomic E-state index is 0.0582. The molecule has 1 heterocycles. The van der Waals surface area contributed by atoms with E-state index in [4.69, 9.17) is 4.74 Å². The van der Waals surface area contributed by atoms with Gasteiger partial charge in [0.05, 0.1) is 24.9 Å². The lowest BCUT2D eigenvalue weighted by atomic mass is 9.98. The Bertz CT molecular complexity index is 863. The quantitative estimate of drug-likeness (QED) is 0.702. The largest absolute Gasteiger partial charge is 0.494 e. The second-order valence-corrected chi connectivity index (χ2v) is 7.52. The van der Waals surface area contributed by atoms with Crippen molar-refractivity contribution in [2.45, 2.75) is 39.3 Å². The topological polar surface area (TPSA) is 45.1 Å². The van der Waals surface area contributed by atoms with Gasteiger partial charge in [-0.05, 0) is 63.2 Å². The van der Waals surface area contributed by atoms with Crippen LogP contribution in [0.2, 0.25) is 0 Å². The van der Waals surface area contributed by atoms with E-state index < -0.39 is 0 Å². The fourth-order valence-corrected chi connectivity index (χ4v) is 3.24. The third-order valence-electron chi connectivity index (χ3n) is 5.19. The molecule has 5 nitrogen and oxygen atoms in total. The molecule has 154 valence electrons. The molecule has 1 aliphatic heterocycles.